The fourth-order valence-corrected chi connectivity index (χ4v) is 3.36. The Morgan fingerprint density at radius 1 is 1.27 bits per heavy atom. The van der Waals surface area contributed by atoms with Crippen LogP contribution in [0, 0.1) is 0 Å². The second-order valence-electron chi connectivity index (χ2n) is 6.37. The number of hydrogen-bond acceptors (Lipinski definition) is 5. The van der Waals surface area contributed by atoms with Crippen LogP contribution in [-0.2, 0) is 6.54 Å². The van der Waals surface area contributed by atoms with E-state index in [1.165, 1.54) is 4.90 Å². The van der Waals surface area contributed by atoms with Crippen LogP contribution in [-0.4, -0.2) is 45.0 Å². The van der Waals surface area contributed by atoms with Crippen LogP contribution < -0.4 is 0 Å². The maximum absolute atomic E-state index is 12.9. The fraction of sp³-hybridized carbons (Fsp3) is 0.857. The largest absolute Gasteiger partial charge is 0.418 e. The summed E-state index contributed by atoms with van der Waals surface area (Å²) < 4.78 is 43.9. The van der Waals surface area contributed by atoms with Crippen molar-refractivity contribution < 1.29 is 22.8 Å². The third kappa shape index (κ3) is 3.12. The number of aliphatic hydroxyl groups is 1. The highest BCUT2D eigenvalue weighted by Gasteiger charge is 2.55. The molecule has 1 atom stereocenters. The molecule has 2 fully saturated rings. The molecule has 0 amide bonds. The Morgan fingerprint density at radius 3 is 2.68 bits per heavy atom. The molecule has 1 saturated heterocycles. The Kier molecular flexibility index (Phi) is 4.15. The molecule has 0 radical (unpaired) electrons. The van der Waals surface area contributed by atoms with E-state index in [2.05, 4.69) is 10.1 Å². The molecule has 1 N–H and O–H groups in total. The zero-order valence-corrected chi connectivity index (χ0v) is 12.3. The Labute approximate surface area is 126 Å². The van der Waals surface area contributed by atoms with E-state index in [-0.39, 0.29) is 13.0 Å². The fourth-order valence-electron chi connectivity index (χ4n) is 3.36. The van der Waals surface area contributed by atoms with Crippen LogP contribution in [0.1, 0.15) is 56.2 Å². The van der Waals surface area contributed by atoms with Crippen molar-refractivity contribution in [1.82, 2.24) is 15.0 Å². The van der Waals surface area contributed by atoms with E-state index in [1.807, 2.05) is 0 Å². The van der Waals surface area contributed by atoms with Gasteiger partial charge in [-0.15, -0.1) is 0 Å². The number of piperidine rings is 1. The zero-order chi connectivity index (χ0) is 15.8. The SMILES string of the molecule is OC1(C(F)(F)F)CCCN(Cc2nc(C3CCCC3)no2)C1. The molecule has 0 spiro atoms. The van der Waals surface area contributed by atoms with Gasteiger partial charge in [-0.2, -0.15) is 18.2 Å². The second-order valence-corrected chi connectivity index (χ2v) is 6.37. The van der Waals surface area contributed by atoms with Crippen LogP contribution in [0.4, 0.5) is 13.2 Å². The quantitative estimate of drug-likeness (QED) is 0.928. The number of halogens is 3. The molecule has 1 aromatic heterocycles. The first-order valence-corrected chi connectivity index (χ1v) is 7.71. The highest BCUT2D eigenvalue weighted by Crippen LogP contribution is 2.37. The van der Waals surface area contributed by atoms with Crippen molar-refractivity contribution in [2.24, 2.45) is 0 Å². The number of rotatable bonds is 3. The summed E-state index contributed by atoms with van der Waals surface area (Å²) in [5.74, 6) is 1.30. The standard InChI is InChI=1S/C14H20F3N3O2/c15-14(16,17)13(21)6-3-7-20(9-13)8-11-18-12(19-22-11)10-4-1-2-5-10/h10,21H,1-9H2. The summed E-state index contributed by atoms with van der Waals surface area (Å²) in [5.41, 5.74) is -2.64. The van der Waals surface area contributed by atoms with Crippen LogP contribution >= 0.6 is 0 Å². The van der Waals surface area contributed by atoms with Gasteiger partial charge in [-0.25, -0.2) is 0 Å². The first-order valence-electron chi connectivity index (χ1n) is 7.71. The van der Waals surface area contributed by atoms with Gasteiger partial charge in [0.15, 0.2) is 11.4 Å². The Bertz CT molecular complexity index is 514. The lowest BCUT2D eigenvalue weighted by atomic mass is 9.92. The van der Waals surface area contributed by atoms with Gasteiger partial charge in [0, 0.05) is 12.5 Å². The average molecular weight is 319 g/mol. The molecule has 124 valence electrons. The van der Waals surface area contributed by atoms with Gasteiger partial charge in [0.2, 0.25) is 5.89 Å². The van der Waals surface area contributed by atoms with Crippen molar-refractivity contribution in [2.45, 2.75) is 62.8 Å². The van der Waals surface area contributed by atoms with Crippen molar-refractivity contribution in [1.29, 1.82) is 0 Å². The molecule has 1 aliphatic carbocycles. The molecule has 2 heterocycles. The summed E-state index contributed by atoms with van der Waals surface area (Å²) in [6, 6.07) is 0. The topological polar surface area (TPSA) is 62.4 Å². The molecule has 1 saturated carbocycles. The molecular weight excluding hydrogens is 299 g/mol. The van der Waals surface area contributed by atoms with Crippen molar-refractivity contribution >= 4 is 0 Å². The molecule has 1 aliphatic heterocycles. The smallest absolute Gasteiger partial charge is 0.379 e. The molecule has 5 nitrogen and oxygen atoms in total. The summed E-state index contributed by atoms with van der Waals surface area (Å²) >= 11 is 0. The molecule has 0 bridgehead atoms. The summed E-state index contributed by atoms with van der Waals surface area (Å²) in [6.45, 7) is 0.190. The number of nitrogens with zero attached hydrogens (tertiary/aromatic N) is 3. The molecule has 22 heavy (non-hydrogen) atoms. The molecule has 8 heteroatoms. The lowest BCUT2D eigenvalue weighted by Gasteiger charge is -2.39. The van der Waals surface area contributed by atoms with Gasteiger partial charge in [0.05, 0.1) is 6.54 Å². The lowest BCUT2D eigenvalue weighted by molar-refractivity contribution is -0.274. The monoisotopic (exact) mass is 319 g/mol. The average Bonchev–Trinajstić information content (AvgIpc) is 3.07. The van der Waals surface area contributed by atoms with E-state index < -0.39 is 18.3 Å². The number of alkyl halides is 3. The van der Waals surface area contributed by atoms with Gasteiger partial charge in [0.1, 0.15) is 0 Å². The highest BCUT2D eigenvalue weighted by atomic mass is 19.4. The Hall–Kier alpha value is -1.15. The summed E-state index contributed by atoms with van der Waals surface area (Å²) in [5, 5.41) is 13.8. The summed E-state index contributed by atoms with van der Waals surface area (Å²) in [6.07, 6.45) is -0.203. The zero-order valence-electron chi connectivity index (χ0n) is 12.3. The van der Waals surface area contributed by atoms with Crippen LogP contribution in [0.2, 0.25) is 0 Å². The third-order valence-corrected chi connectivity index (χ3v) is 4.64. The molecule has 0 aromatic carbocycles. The minimum Gasteiger partial charge on any atom is -0.379 e. The van der Waals surface area contributed by atoms with Gasteiger partial charge in [-0.1, -0.05) is 18.0 Å². The van der Waals surface area contributed by atoms with Crippen LogP contribution in [0.5, 0.6) is 0 Å². The predicted octanol–water partition coefficient (Wildman–Crippen LogP) is 2.62. The summed E-state index contributed by atoms with van der Waals surface area (Å²) in [7, 11) is 0. The van der Waals surface area contributed by atoms with Crippen molar-refractivity contribution in [3.63, 3.8) is 0 Å². The minimum atomic E-state index is -4.62. The van der Waals surface area contributed by atoms with Crippen molar-refractivity contribution in [3.05, 3.63) is 11.7 Å². The maximum atomic E-state index is 12.9. The third-order valence-electron chi connectivity index (χ3n) is 4.64. The van der Waals surface area contributed by atoms with Crippen LogP contribution in [0.15, 0.2) is 4.52 Å². The number of hydrogen-bond donors (Lipinski definition) is 1. The van der Waals surface area contributed by atoms with E-state index in [9.17, 15) is 18.3 Å². The van der Waals surface area contributed by atoms with Crippen molar-refractivity contribution in [2.75, 3.05) is 13.1 Å². The predicted molar refractivity (Wildman–Crippen MR) is 71.0 cm³/mol. The lowest BCUT2D eigenvalue weighted by Crippen LogP contribution is -2.56. The normalized spacial score (nSPS) is 28.4. The first-order chi connectivity index (χ1) is 10.4. The van der Waals surface area contributed by atoms with Gasteiger partial charge < -0.3 is 9.63 Å². The highest BCUT2D eigenvalue weighted by molar-refractivity contribution is 4.99. The van der Waals surface area contributed by atoms with E-state index in [4.69, 9.17) is 4.52 Å². The molecule has 2 aliphatic rings. The first kappa shape index (κ1) is 15.7. The second kappa shape index (κ2) is 5.81. The number of aromatic nitrogens is 2. The maximum Gasteiger partial charge on any atom is 0.418 e. The van der Waals surface area contributed by atoms with Gasteiger partial charge >= 0.3 is 6.18 Å². The molecular formula is C14H20F3N3O2. The van der Waals surface area contributed by atoms with E-state index in [0.717, 1.165) is 25.7 Å². The minimum absolute atomic E-state index is 0.151. The van der Waals surface area contributed by atoms with E-state index in [1.54, 1.807) is 0 Å². The van der Waals surface area contributed by atoms with Gasteiger partial charge in [-0.05, 0) is 32.2 Å². The Morgan fingerprint density at radius 2 is 2.00 bits per heavy atom. The summed E-state index contributed by atoms with van der Waals surface area (Å²) in [4.78, 5) is 5.84. The number of β-amino-alcohol motifs (C(OH)–C–C–N with tert-alkyl or cyclic N) is 1. The molecule has 1 unspecified atom stereocenters. The van der Waals surface area contributed by atoms with Crippen molar-refractivity contribution in [3.8, 4) is 0 Å². The van der Waals surface area contributed by atoms with Crippen LogP contribution in [0.25, 0.3) is 0 Å². The van der Waals surface area contributed by atoms with Gasteiger partial charge in [0.25, 0.3) is 0 Å². The molecule has 1 aromatic rings. The van der Waals surface area contributed by atoms with Gasteiger partial charge in [-0.3, -0.25) is 4.90 Å². The van der Waals surface area contributed by atoms with Crippen LogP contribution in [0.3, 0.4) is 0 Å². The van der Waals surface area contributed by atoms with E-state index in [0.29, 0.717) is 30.6 Å². The molecule has 3 rings (SSSR count). The van der Waals surface area contributed by atoms with E-state index >= 15 is 0 Å². The number of likely N-dealkylation sites (tertiary alicyclic amines) is 1. The Balaban J connectivity index is 1.63.